The van der Waals surface area contributed by atoms with E-state index in [1.54, 1.807) is 0 Å². The van der Waals surface area contributed by atoms with Gasteiger partial charge in [0.15, 0.2) is 39.6 Å². The van der Waals surface area contributed by atoms with E-state index < -0.39 is 47.9 Å². The first kappa shape index (κ1) is 25.9. The molecule has 0 radical (unpaired) electrons. The number of Topliss-reactive ketones (excluding diaryl/α,β-unsaturated/α-hetero) is 1. The van der Waals surface area contributed by atoms with Crippen LogP contribution in [0.5, 0.6) is 0 Å². The molecular weight excluding hydrogens is 510 g/mol. The number of aliphatic hydroxyl groups is 3. The van der Waals surface area contributed by atoms with Crippen LogP contribution in [0.3, 0.4) is 0 Å². The average molecular weight is 537 g/mol. The van der Waals surface area contributed by atoms with Crippen molar-refractivity contribution in [1.82, 2.24) is 25.0 Å². The second-order valence-corrected chi connectivity index (χ2v) is 10.1. The number of carbonyl (C=O) groups excluding carboxylic acids is 1. The van der Waals surface area contributed by atoms with E-state index in [-0.39, 0.29) is 36.8 Å². The van der Waals surface area contributed by atoms with E-state index in [9.17, 15) is 23.8 Å². The normalized spacial score (nSPS) is 27.2. The highest BCUT2D eigenvalue weighted by atomic mass is 32.2. The number of ketones is 1. The first-order chi connectivity index (χ1) is 17.8. The van der Waals surface area contributed by atoms with Gasteiger partial charge in [0.1, 0.15) is 18.2 Å². The highest BCUT2D eigenvalue weighted by molar-refractivity contribution is 7.99. The number of carbonyl (C=O) groups is 1. The van der Waals surface area contributed by atoms with Crippen LogP contribution in [0.4, 0.5) is 14.6 Å². The van der Waals surface area contributed by atoms with Crippen molar-refractivity contribution < 1.29 is 33.6 Å². The summed E-state index contributed by atoms with van der Waals surface area (Å²) in [6, 6.07) is 1.95. The number of hydrogen-bond donors (Lipinski definition) is 4. The van der Waals surface area contributed by atoms with E-state index in [0.29, 0.717) is 16.4 Å². The standard InChI is InChI=1S/C23H26F2N6O5S/c1-2-7-37-23-27-21(26-16-15(20(16)35)10-3-4-11(24)12(25)8-10)17-22(28-23)31(30-29-17)13-9-14(36-6-5-32)19(34)18(13)33/h3-4,8,13-16,18-19,32-34H,2,5-7,9H2,1H3,(H,26,27,28). The number of aromatic nitrogens is 5. The molecule has 0 spiro atoms. The van der Waals surface area contributed by atoms with Crippen molar-refractivity contribution in [2.75, 3.05) is 24.3 Å². The molecule has 3 aromatic rings. The number of nitrogens with one attached hydrogen (secondary N) is 1. The van der Waals surface area contributed by atoms with Gasteiger partial charge in [-0.25, -0.2) is 23.4 Å². The fourth-order valence-corrected chi connectivity index (χ4v) is 5.27. The van der Waals surface area contributed by atoms with Crippen LogP contribution in [0.15, 0.2) is 23.4 Å². The largest absolute Gasteiger partial charge is 0.394 e. The summed E-state index contributed by atoms with van der Waals surface area (Å²) in [5.41, 5.74) is 0.909. The van der Waals surface area contributed by atoms with Crippen molar-refractivity contribution in [2.24, 2.45) is 0 Å². The molecule has 0 saturated heterocycles. The number of fused-ring (bicyclic) bond motifs is 1. The van der Waals surface area contributed by atoms with Gasteiger partial charge in [-0.2, -0.15) is 0 Å². The number of ether oxygens (including phenoxy) is 1. The van der Waals surface area contributed by atoms with Crippen LogP contribution in [0.2, 0.25) is 0 Å². The Morgan fingerprint density at radius 1 is 1.22 bits per heavy atom. The molecule has 0 bridgehead atoms. The van der Waals surface area contributed by atoms with Crippen molar-refractivity contribution >= 4 is 34.5 Å². The van der Waals surface area contributed by atoms with Gasteiger partial charge in [0.25, 0.3) is 0 Å². The summed E-state index contributed by atoms with van der Waals surface area (Å²) in [5, 5.41) is 42.0. The molecule has 0 amide bonds. The van der Waals surface area contributed by atoms with Gasteiger partial charge >= 0.3 is 0 Å². The van der Waals surface area contributed by atoms with Gasteiger partial charge in [-0.1, -0.05) is 30.0 Å². The van der Waals surface area contributed by atoms with E-state index >= 15 is 0 Å². The third-order valence-electron chi connectivity index (χ3n) is 6.51. The summed E-state index contributed by atoms with van der Waals surface area (Å²) in [6.07, 6.45) is -2.03. The molecule has 4 N–H and O–H groups in total. The molecule has 2 aliphatic rings. The fraction of sp³-hybridized carbons (Fsp3) is 0.522. The van der Waals surface area contributed by atoms with Crippen molar-refractivity contribution in [2.45, 2.75) is 61.2 Å². The summed E-state index contributed by atoms with van der Waals surface area (Å²) in [4.78, 5) is 21.7. The first-order valence-corrected chi connectivity index (χ1v) is 12.9. The van der Waals surface area contributed by atoms with E-state index in [0.717, 1.165) is 24.3 Å². The molecule has 2 aliphatic carbocycles. The van der Waals surface area contributed by atoms with Crippen LogP contribution in [0.1, 0.15) is 37.3 Å². The maximum absolute atomic E-state index is 13.7. The molecule has 14 heteroatoms. The number of anilines is 1. The molecular formula is C23H26F2N6O5S. The number of thioether (sulfide) groups is 1. The topological polar surface area (TPSA) is 156 Å². The molecule has 1 aromatic carbocycles. The maximum atomic E-state index is 13.7. The van der Waals surface area contributed by atoms with Crippen molar-refractivity contribution in [3.8, 4) is 0 Å². The van der Waals surface area contributed by atoms with Gasteiger partial charge in [0.2, 0.25) is 0 Å². The highest BCUT2D eigenvalue weighted by Gasteiger charge is 2.51. The third kappa shape index (κ3) is 4.91. The van der Waals surface area contributed by atoms with Crippen molar-refractivity contribution in [3.05, 3.63) is 35.4 Å². The zero-order valence-electron chi connectivity index (χ0n) is 19.8. The molecule has 198 valence electrons. The number of nitrogens with zero attached hydrogens (tertiary/aromatic N) is 5. The monoisotopic (exact) mass is 536 g/mol. The minimum atomic E-state index is -1.21. The van der Waals surface area contributed by atoms with Crippen LogP contribution in [0, 0.1) is 11.6 Å². The van der Waals surface area contributed by atoms with Crippen molar-refractivity contribution in [3.63, 3.8) is 0 Å². The van der Waals surface area contributed by atoms with Crippen LogP contribution < -0.4 is 5.32 Å². The number of halogens is 2. The summed E-state index contributed by atoms with van der Waals surface area (Å²) < 4.78 is 33.9. The highest BCUT2D eigenvalue weighted by Crippen LogP contribution is 2.41. The number of hydrogen-bond acceptors (Lipinski definition) is 11. The second-order valence-electron chi connectivity index (χ2n) is 9.00. The second kappa shape index (κ2) is 10.5. The predicted molar refractivity (Wildman–Crippen MR) is 128 cm³/mol. The Morgan fingerprint density at radius 2 is 2.03 bits per heavy atom. The Kier molecular flexibility index (Phi) is 7.36. The quantitative estimate of drug-likeness (QED) is 0.218. The Bertz CT molecular complexity index is 1310. The lowest BCUT2D eigenvalue weighted by atomic mass is 10.1. The summed E-state index contributed by atoms with van der Waals surface area (Å²) in [7, 11) is 0. The van der Waals surface area contributed by atoms with E-state index in [2.05, 4.69) is 25.6 Å². The Morgan fingerprint density at radius 3 is 2.76 bits per heavy atom. The zero-order valence-corrected chi connectivity index (χ0v) is 20.6. The van der Waals surface area contributed by atoms with Gasteiger partial charge in [-0.05, 0) is 24.1 Å². The van der Waals surface area contributed by atoms with Gasteiger partial charge in [0, 0.05) is 12.2 Å². The predicted octanol–water partition coefficient (Wildman–Crippen LogP) is 1.19. The maximum Gasteiger partial charge on any atom is 0.191 e. The molecule has 6 unspecified atom stereocenters. The number of benzene rings is 1. The van der Waals surface area contributed by atoms with Crippen LogP contribution in [0.25, 0.3) is 11.2 Å². The van der Waals surface area contributed by atoms with E-state index in [4.69, 9.17) is 9.84 Å². The molecule has 0 aliphatic heterocycles. The molecule has 2 aromatic heterocycles. The van der Waals surface area contributed by atoms with E-state index in [1.807, 2.05) is 6.92 Å². The van der Waals surface area contributed by atoms with Gasteiger partial charge < -0.3 is 25.4 Å². The molecule has 2 heterocycles. The smallest absolute Gasteiger partial charge is 0.191 e. The number of aliphatic hydroxyl groups excluding tert-OH is 3. The Labute approximate surface area is 214 Å². The van der Waals surface area contributed by atoms with Crippen molar-refractivity contribution in [1.29, 1.82) is 0 Å². The molecule has 11 nitrogen and oxygen atoms in total. The fourth-order valence-electron chi connectivity index (χ4n) is 4.58. The molecule has 37 heavy (non-hydrogen) atoms. The molecule has 6 atom stereocenters. The lowest BCUT2D eigenvalue weighted by molar-refractivity contribution is -0.110. The summed E-state index contributed by atoms with van der Waals surface area (Å²) >= 11 is 1.39. The Balaban J connectivity index is 1.45. The summed E-state index contributed by atoms with van der Waals surface area (Å²) in [6.45, 7) is 1.80. The van der Waals surface area contributed by atoms with Crippen LogP contribution in [-0.2, 0) is 9.53 Å². The minimum absolute atomic E-state index is 0.0157. The molecule has 2 fully saturated rings. The van der Waals surface area contributed by atoms with Gasteiger partial charge in [-0.3, -0.25) is 4.79 Å². The minimum Gasteiger partial charge on any atom is -0.394 e. The summed E-state index contributed by atoms with van der Waals surface area (Å²) in [5.74, 6) is -1.91. The lowest BCUT2D eigenvalue weighted by Gasteiger charge is -2.17. The van der Waals surface area contributed by atoms with Crippen LogP contribution in [-0.4, -0.2) is 89.4 Å². The van der Waals surface area contributed by atoms with Gasteiger partial charge in [-0.15, -0.1) is 5.10 Å². The first-order valence-electron chi connectivity index (χ1n) is 11.9. The SMILES string of the molecule is CCCSc1nc(NC2C(=O)C2c2ccc(F)c(F)c2)c2nnn(C3CC(OCCO)C(O)C3O)c2n1. The lowest BCUT2D eigenvalue weighted by Crippen LogP contribution is -2.33. The Hall–Kier alpha value is -2.78. The van der Waals surface area contributed by atoms with E-state index in [1.165, 1.54) is 22.5 Å². The number of rotatable bonds is 10. The van der Waals surface area contributed by atoms with Crippen LogP contribution >= 0.6 is 11.8 Å². The van der Waals surface area contributed by atoms with Gasteiger partial charge in [0.05, 0.1) is 31.3 Å². The third-order valence-corrected chi connectivity index (χ3v) is 7.56. The molecule has 2 saturated carbocycles. The average Bonchev–Trinajstić information content (AvgIpc) is 3.19. The zero-order chi connectivity index (χ0) is 26.3. The molecule has 5 rings (SSSR count).